The van der Waals surface area contributed by atoms with Gasteiger partial charge in [-0.2, -0.15) is 0 Å². The standard InChI is InChI=1S/C23H32N4O2/c28-18-10-21(29)25-15-8-20(9-16-25)22-23-24-11-17-27(23)13-4-12-26(22)14-7-19-5-2-1-3-6-19/h1-3,5-6,11,17,20,22,28H,4,7-10,12-16,18H2. The predicted molar refractivity (Wildman–Crippen MR) is 112 cm³/mol. The summed E-state index contributed by atoms with van der Waals surface area (Å²) in [5, 5.41) is 9.06. The van der Waals surface area contributed by atoms with Gasteiger partial charge in [0.05, 0.1) is 12.6 Å². The van der Waals surface area contributed by atoms with Crippen molar-refractivity contribution < 1.29 is 9.90 Å². The molecule has 1 aromatic heterocycles. The number of carbonyl (C=O) groups excluding carboxylic acids is 1. The molecule has 1 amide bonds. The third-order valence-electron chi connectivity index (χ3n) is 6.44. The van der Waals surface area contributed by atoms with E-state index in [2.05, 4.69) is 46.0 Å². The van der Waals surface area contributed by atoms with Gasteiger partial charge in [-0.05, 0) is 37.2 Å². The first-order valence-corrected chi connectivity index (χ1v) is 10.9. The zero-order valence-corrected chi connectivity index (χ0v) is 17.1. The quantitative estimate of drug-likeness (QED) is 0.815. The van der Waals surface area contributed by atoms with E-state index in [1.807, 2.05) is 11.1 Å². The number of piperidine rings is 1. The number of aryl methyl sites for hydroxylation is 1. The number of imidazole rings is 1. The fourth-order valence-corrected chi connectivity index (χ4v) is 4.92. The second-order valence-electron chi connectivity index (χ2n) is 8.24. The topological polar surface area (TPSA) is 61.6 Å². The van der Waals surface area contributed by atoms with Crippen molar-refractivity contribution in [2.45, 2.75) is 44.7 Å². The Morgan fingerprint density at radius 3 is 2.66 bits per heavy atom. The molecular formula is C23H32N4O2. The van der Waals surface area contributed by atoms with Gasteiger partial charge in [0.15, 0.2) is 0 Å². The molecule has 2 aliphatic rings. The summed E-state index contributed by atoms with van der Waals surface area (Å²) in [7, 11) is 0. The molecule has 0 aliphatic carbocycles. The molecule has 0 spiro atoms. The molecule has 0 bridgehead atoms. The van der Waals surface area contributed by atoms with Crippen molar-refractivity contribution in [3.05, 3.63) is 54.1 Å². The van der Waals surface area contributed by atoms with E-state index in [-0.39, 0.29) is 18.9 Å². The van der Waals surface area contributed by atoms with E-state index in [0.29, 0.717) is 12.0 Å². The summed E-state index contributed by atoms with van der Waals surface area (Å²) in [6.45, 7) is 4.66. The van der Waals surface area contributed by atoms with Gasteiger partial charge < -0.3 is 14.6 Å². The summed E-state index contributed by atoms with van der Waals surface area (Å²) in [4.78, 5) is 21.5. The average Bonchev–Trinajstić information content (AvgIpc) is 3.14. The first-order chi connectivity index (χ1) is 14.3. The highest BCUT2D eigenvalue weighted by Crippen LogP contribution is 2.36. The van der Waals surface area contributed by atoms with Crippen LogP contribution in [0.3, 0.4) is 0 Å². The Kier molecular flexibility index (Phi) is 6.62. The minimum atomic E-state index is -0.0634. The van der Waals surface area contributed by atoms with Gasteiger partial charge in [0, 0.05) is 51.5 Å². The van der Waals surface area contributed by atoms with Crippen molar-refractivity contribution in [2.24, 2.45) is 5.92 Å². The molecule has 6 nitrogen and oxygen atoms in total. The zero-order valence-electron chi connectivity index (χ0n) is 17.1. The van der Waals surface area contributed by atoms with Crippen molar-refractivity contribution in [2.75, 3.05) is 32.8 Å². The van der Waals surface area contributed by atoms with E-state index >= 15 is 0 Å². The maximum atomic E-state index is 12.2. The number of benzene rings is 1. The number of amides is 1. The summed E-state index contributed by atoms with van der Waals surface area (Å²) in [6, 6.07) is 11.0. The van der Waals surface area contributed by atoms with Crippen LogP contribution in [0.25, 0.3) is 0 Å². The van der Waals surface area contributed by atoms with Crippen LogP contribution in [0.2, 0.25) is 0 Å². The molecule has 1 saturated heterocycles. The Bertz CT molecular complexity index is 783. The molecule has 0 radical (unpaired) electrons. The van der Waals surface area contributed by atoms with Gasteiger partial charge in [0.25, 0.3) is 0 Å². The lowest BCUT2D eigenvalue weighted by Crippen LogP contribution is -2.44. The van der Waals surface area contributed by atoms with Crippen LogP contribution in [0.1, 0.15) is 43.1 Å². The number of aliphatic hydroxyl groups is 1. The van der Waals surface area contributed by atoms with Crippen molar-refractivity contribution >= 4 is 5.91 Å². The van der Waals surface area contributed by atoms with Crippen LogP contribution in [-0.2, 0) is 17.8 Å². The lowest BCUT2D eigenvalue weighted by atomic mass is 9.87. The number of nitrogens with zero attached hydrogens (tertiary/aromatic N) is 4. The van der Waals surface area contributed by atoms with Crippen molar-refractivity contribution in [3.63, 3.8) is 0 Å². The molecule has 0 saturated carbocycles. The summed E-state index contributed by atoms with van der Waals surface area (Å²) in [6.07, 6.45) is 8.47. The summed E-state index contributed by atoms with van der Waals surface area (Å²) < 4.78 is 2.33. The second kappa shape index (κ2) is 9.55. The highest BCUT2D eigenvalue weighted by atomic mass is 16.3. The number of rotatable bonds is 6. The Labute approximate surface area is 173 Å². The molecule has 4 rings (SSSR count). The van der Waals surface area contributed by atoms with Gasteiger partial charge in [-0.3, -0.25) is 9.69 Å². The van der Waals surface area contributed by atoms with E-state index < -0.39 is 0 Å². The summed E-state index contributed by atoms with van der Waals surface area (Å²) in [5.41, 5.74) is 1.38. The highest BCUT2D eigenvalue weighted by molar-refractivity contribution is 5.76. The number of likely N-dealkylation sites (tertiary alicyclic amines) is 1. The molecule has 2 aromatic rings. The first kappa shape index (κ1) is 20.1. The van der Waals surface area contributed by atoms with Gasteiger partial charge in [0.1, 0.15) is 5.82 Å². The third kappa shape index (κ3) is 4.70. The summed E-state index contributed by atoms with van der Waals surface area (Å²) in [5.74, 6) is 1.77. The lowest BCUT2D eigenvalue weighted by molar-refractivity contribution is -0.133. The first-order valence-electron chi connectivity index (χ1n) is 10.9. The highest BCUT2D eigenvalue weighted by Gasteiger charge is 2.36. The fourth-order valence-electron chi connectivity index (χ4n) is 4.92. The van der Waals surface area contributed by atoms with E-state index in [0.717, 1.165) is 58.4 Å². The van der Waals surface area contributed by atoms with Crippen LogP contribution in [0.5, 0.6) is 0 Å². The molecule has 1 aromatic carbocycles. The van der Waals surface area contributed by atoms with Gasteiger partial charge in [-0.15, -0.1) is 0 Å². The fraction of sp³-hybridized carbons (Fsp3) is 0.565. The number of aromatic nitrogens is 2. The van der Waals surface area contributed by atoms with Crippen LogP contribution >= 0.6 is 0 Å². The molecule has 2 aliphatic heterocycles. The second-order valence-corrected chi connectivity index (χ2v) is 8.24. The normalized spacial score (nSPS) is 21.0. The Hall–Kier alpha value is -2.18. The van der Waals surface area contributed by atoms with Gasteiger partial charge in [-0.1, -0.05) is 30.3 Å². The average molecular weight is 397 g/mol. The Morgan fingerprint density at radius 2 is 1.90 bits per heavy atom. The zero-order chi connectivity index (χ0) is 20.1. The van der Waals surface area contributed by atoms with Crippen molar-refractivity contribution in [1.29, 1.82) is 0 Å². The van der Waals surface area contributed by atoms with Crippen LogP contribution in [0.4, 0.5) is 0 Å². The SMILES string of the molecule is O=C(CCO)N1CCC(C2c3nccn3CCCN2CCc2ccccc2)CC1. The number of carbonyl (C=O) groups is 1. The minimum Gasteiger partial charge on any atom is -0.396 e. The maximum Gasteiger partial charge on any atom is 0.224 e. The molecule has 156 valence electrons. The predicted octanol–water partition coefficient (Wildman–Crippen LogP) is 2.49. The molecule has 3 heterocycles. The van der Waals surface area contributed by atoms with E-state index in [1.54, 1.807) is 0 Å². The minimum absolute atomic E-state index is 0.0634. The van der Waals surface area contributed by atoms with E-state index in [1.165, 1.54) is 11.4 Å². The molecule has 1 atom stereocenters. The van der Waals surface area contributed by atoms with Gasteiger partial charge in [-0.25, -0.2) is 4.98 Å². The lowest BCUT2D eigenvalue weighted by Gasteiger charge is -2.40. The van der Waals surface area contributed by atoms with Crippen LogP contribution in [-0.4, -0.2) is 63.2 Å². The van der Waals surface area contributed by atoms with Crippen molar-refractivity contribution in [1.82, 2.24) is 19.4 Å². The molecule has 29 heavy (non-hydrogen) atoms. The van der Waals surface area contributed by atoms with Crippen LogP contribution in [0.15, 0.2) is 42.7 Å². The van der Waals surface area contributed by atoms with Crippen molar-refractivity contribution in [3.8, 4) is 0 Å². The molecular weight excluding hydrogens is 364 g/mol. The monoisotopic (exact) mass is 396 g/mol. The molecule has 1 N–H and O–H groups in total. The maximum absolute atomic E-state index is 12.2. The number of hydrogen-bond donors (Lipinski definition) is 1. The number of aliphatic hydroxyl groups excluding tert-OH is 1. The summed E-state index contributed by atoms with van der Waals surface area (Å²) >= 11 is 0. The van der Waals surface area contributed by atoms with E-state index in [9.17, 15) is 4.79 Å². The smallest absolute Gasteiger partial charge is 0.224 e. The van der Waals surface area contributed by atoms with E-state index in [4.69, 9.17) is 10.1 Å². The molecule has 6 heteroatoms. The Balaban J connectivity index is 1.48. The van der Waals surface area contributed by atoms with Crippen LogP contribution in [0, 0.1) is 5.92 Å². The number of hydrogen-bond acceptors (Lipinski definition) is 4. The third-order valence-corrected chi connectivity index (χ3v) is 6.44. The number of fused-ring (bicyclic) bond motifs is 1. The van der Waals surface area contributed by atoms with Crippen LogP contribution < -0.4 is 0 Å². The largest absolute Gasteiger partial charge is 0.396 e. The Morgan fingerprint density at radius 1 is 1.10 bits per heavy atom. The molecule has 1 fully saturated rings. The molecule has 1 unspecified atom stereocenters. The van der Waals surface area contributed by atoms with Gasteiger partial charge >= 0.3 is 0 Å². The van der Waals surface area contributed by atoms with Gasteiger partial charge in [0.2, 0.25) is 5.91 Å².